The van der Waals surface area contributed by atoms with E-state index in [-0.39, 0.29) is 5.97 Å². The van der Waals surface area contributed by atoms with E-state index in [4.69, 9.17) is 9.84 Å². The topological polar surface area (TPSA) is 63.6 Å². The largest absolute Gasteiger partial charge is 0.479 e. The van der Waals surface area contributed by atoms with Crippen molar-refractivity contribution in [2.24, 2.45) is 0 Å². The number of carbonyl (C=O) groups is 2. The summed E-state index contributed by atoms with van der Waals surface area (Å²) in [5.74, 6) is -1.44. The van der Waals surface area contributed by atoms with Crippen molar-refractivity contribution in [1.29, 1.82) is 0 Å². The van der Waals surface area contributed by atoms with Crippen LogP contribution < -0.4 is 0 Å². The average Bonchev–Trinajstić information content (AvgIpc) is 2.56. The Morgan fingerprint density at radius 3 is 1.54 bits per heavy atom. The van der Waals surface area contributed by atoms with Gasteiger partial charge >= 0.3 is 11.9 Å². The minimum atomic E-state index is -1.06. The molecule has 1 N–H and O–H groups in total. The van der Waals surface area contributed by atoms with Gasteiger partial charge in [0, 0.05) is 6.42 Å². The van der Waals surface area contributed by atoms with Gasteiger partial charge in [0.15, 0.2) is 6.10 Å². The minimum absolute atomic E-state index is 0.319. The van der Waals surface area contributed by atoms with E-state index in [1.165, 1.54) is 64.2 Å². The van der Waals surface area contributed by atoms with Crippen molar-refractivity contribution in [3.05, 3.63) is 0 Å². The number of rotatable bonds is 17. The third-order valence-electron chi connectivity index (χ3n) is 4.40. The molecule has 0 radical (unpaired) electrons. The number of esters is 1. The standard InChI is InChI=1S/C20H38O4/c1-3-5-6-7-8-9-10-11-12-13-14-15-16-17-19(21)24-18(4-2)20(22)23/h18H,3-17H2,1-2H3,(H,22,23). The molecule has 0 aliphatic carbocycles. The molecule has 24 heavy (non-hydrogen) atoms. The highest BCUT2D eigenvalue weighted by Gasteiger charge is 2.19. The second-order valence-corrected chi connectivity index (χ2v) is 6.72. The Morgan fingerprint density at radius 1 is 0.750 bits per heavy atom. The molecule has 0 rings (SSSR count). The summed E-state index contributed by atoms with van der Waals surface area (Å²) in [5, 5.41) is 8.83. The maximum absolute atomic E-state index is 11.5. The summed E-state index contributed by atoms with van der Waals surface area (Å²) in [4.78, 5) is 22.3. The molecule has 4 heteroatoms. The van der Waals surface area contributed by atoms with E-state index < -0.39 is 12.1 Å². The highest BCUT2D eigenvalue weighted by atomic mass is 16.6. The molecule has 0 saturated heterocycles. The predicted octanol–water partition coefficient (Wildman–Crippen LogP) is 5.87. The Bertz CT molecular complexity index is 315. The number of carbonyl (C=O) groups excluding carboxylic acids is 1. The molecule has 0 aromatic heterocycles. The molecule has 0 heterocycles. The van der Waals surface area contributed by atoms with E-state index in [1.54, 1.807) is 6.92 Å². The van der Waals surface area contributed by atoms with Gasteiger partial charge in [0.2, 0.25) is 0 Å². The van der Waals surface area contributed by atoms with Gasteiger partial charge in [-0.2, -0.15) is 0 Å². The van der Waals surface area contributed by atoms with Crippen LogP contribution in [-0.4, -0.2) is 23.1 Å². The quantitative estimate of drug-likeness (QED) is 0.265. The van der Waals surface area contributed by atoms with Crippen molar-refractivity contribution in [2.45, 2.75) is 116 Å². The lowest BCUT2D eigenvalue weighted by Crippen LogP contribution is -2.26. The van der Waals surface area contributed by atoms with E-state index in [1.807, 2.05) is 0 Å². The third-order valence-corrected chi connectivity index (χ3v) is 4.40. The molecule has 1 atom stereocenters. The van der Waals surface area contributed by atoms with Crippen LogP contribution in [0, 0.1) is 0 Å². The summed E-state index contributed by atoms with van der Waals surface area (Å²) in [6.45, 7) is 3.96. The molecule has 0 bridgehead atoms. The van der Waals surface area contributed by atoms with Gasteiger partial charge in [-0.15, -0.1) is 0 Å². The summed E-state index contributed by atoms with van der Waals surface area (Å²) in [6, 6.07) is 0. The van der Waals surface area contributed by atoms with E-state index in [0.29, 0.717) is 12.8 Å². The van der Waals surface area contributed by atoms with E-state index in [9.17, 15) is 9.59 Å². The first-order valence-corrected chi connectivity index (χ1v) is 10.0. The van der Waals surface area contributed by atoms with Crippen LogP contribution in [0.4, 0.5) is 0 Å². The van der Waals surface area contributed by atoms with E-state index in [2.05, 4.69) is 6.92 Å². The zero-order chi connectivity index (χ0) is 18.0. The fraction of sp³-hybridized carbons (Fsp3) is 0.900. The molecule has 1 unspecified atom stereocenters. The molecule has 0 aromatic rings. The lowest BCUT2D eigenvalue weighted by atomic mass is 10.0. The summed E-state index contributed by atoms with van der Waals surface area (Å²) in [5.41, 5.74) is 0. The maximum atomic E-state index is 11.5. The van der Waals surface area contributed by atoms with Gasteiger partial charge in [0.05, 0.1) is 0 Å². The molecule has 0 fully saturated rings. The van der Waals surface area contributed by atoms with Crippen LogP contribution in [0.25, 0.3) is 0 Å². The Kier molecular flexibility index (Phi) is 16.0. The van der Waals surface area contributed by atoms with Crippen LogP contribution in [0.5, 0.6) is 0 Å². The summed E-state index contributed by atoms with van der Waals surface area (Å²) in [6.07, 6.45) is 16.1. The van der Waals surface area contributed by atoms with Gasteiger partial charge < -0.3 is 9.84 Å². The Morgan fingerprint density at radius 2 is 1.17 bits per heavy atom. The number of unbranched alkanes of at least 4 members (excludes halogenated alkanes) is 12. The van der Waals surface area contributed by atoms with Crippen LogP contribution in [0.15, 0.2) is 0 Å². The van der Waals surface area contributed by atoms with Crippen molar-refractivity contribution < 1.29 is 19.4 Å². The second kappa shape index (κ2) is 16.8. The lowest BCUT2D eigenvalue weighted by molar-refractivity contribution is -0.164. The van der Waals surface area contributed by atoms with Crippen LogP contribution in [0.2, 0.25) is 0 Å². The average molecular weight is 343 g/mol. The number of carboxylic acids is 1. The lowest BCUT2D eigenvalue weighted by Gasteiger charge is -2.11. The molecule has 0 aromatic carbocycles. The molecule has 0 aliphatic heterocycles. The van der Waals surface area contributed by atoms with Crippen LogP contribution in [-0.2, 0) is 14.3 Å². The van der Waals surface area contributed by atoms with Crippen molar-refractivity contribution in [1.82, 2.24) is 0 Å². The van der Waals surface area contributed by atoms with Crippen molar-refractivity contribution in [3.8, 4) is 0 Å². The maximum Gasteiger partial charge on any atom is 0.345 e. The van der Waals surface area contributed by atoms with Gasteiger partial charge in [-0.05, 0) is 12.8 Å². The molecule has 0 aliphatic rings. The minimum Gasteiger partial charge on any atom is -0.479 e. The van der Waals surface area contributed by atoms with Crippen molar-refractivity contribution >= 4 is 11.9 Å². The fourth-order valence-corrected chi connectivity index (χ4v) is 2.81. The fourth-order valence-electron chi connectivity index (χ4n) is 2.81. The van der Waals surface area contributed by atoms with E-state index in [0.717, 1.165) is 19.3 Å². The molecule has 4 nitrogen and oxygen atoms in total. The normalized spacial score (nSPS) is 12.1. The van der Waals surface area contributed by atoms with E-state index >= 15 is 0 Å². The molecule has 0 saturated carbocycles. The summed E-state index contributed by atoms with van der Waals surface area (Å²) < 4.78 is 4.93. The highest BCUT2D eigenvalue weighted by molar-refractivity contribution is 5.77. The molecule has 0 spiro atoms. The zero-order valence-corrected chi connectivity index (χ0v) is 15.9. The summed E-state index contributed by atoms with van der Waals surface area (Å²) in [7, 11) is 0. The smallest absolute Gasteiger partial charge is 0.345 e. The van der Waals surface area contributed by atoms with Crippen molar-refractivity contribution in [2.75, 3.05) is 0 Å². The first-order valence-electron chi connectivity index (χ1n) is 10.0. The van der Waals surface area contributed by atoms with Crippen LogP contribution >= 0.6 is 0 Å². The zero-order valence-electron chi connectivity index (χ0n) is 15.9. The highest BCUT2D eigenvalue weighted by Crippen LogP contribution is 2.13. The molecular weight excluding hydrogens is 304 g/mol. The Labute approximate surface area is 148 Å². The van der Waals surface area contributed by atoms with Gasteiger partial charge in [-0.3, -0.25) is 4.79 Å². The van der Waals surface area contributed by atoms with Gasteiger partial charge in [-0.1, -0.05) is 90.9 Å². The second-order valence-electron chi connectivity index (χ2n) is 6.72. The van der Waals surface area contributed by atoms with Crippen LogP contribution in [0.1, 0.15) is 110 Å². The number of aliphatic carboxylic acids is 1. The summed E-state index contributed by atoms with van der Waals surface area (Å²) >= 11 is 0. The van der Waals surface area contributed by atoms with Gasteiger partial charge in [0.1, 0.15) is 0 Å². The number of hydrogen-bond donors (Lipinski definition) is 1. The Balaban J connectivity index is 3.30. The molecule has 0 amide bonds. The number of hydrogen-bond acceptors (Lipinski definition) is 3. The number of carboxylic acid groups (broad SMARTS) is 1. The number of ether oxygens (including phenoxy) is 1. The van der Waals surface area contributed by atoms with Crippen molar-refractivity contribution in [3.63, 3.8) is 0 Å². The molecular formula is C20H38O4. The monoisotopic (exact) mass is 342 g/mol. The van der Waals surface area contributed by atoms with Gasteiger partial charge in [-0.25, -0.2) is 4.79 Å². The first kappa shape index (κ1) is 22.9. The first-order chi connectivity index (χ1) is 11.6. The SMILES string of the molecule is CCCCCCCCCCCCCCCC(=O)OC(CC)C(=O)O. The van der Waals surface area contributed by atoms with Gasteiger partial charge in [0.25, 0.3) is 0 Å². The molecule has 142 valence electrons. The third kappa shape index (κ3) is 14.5. The van der Waals surface area contributed by atoms with Crippen LogP contribution in [0.3, 0.4) is 0 Å². The Hall–Kier alpha value is -1.06. The predicted molar refractivity (Wildman–Crippen MR) is 98.1 cm³/mol.